The van der Waals surface area contributed by atoms with E-state index in [-0.39, 0.29) is 10.9 Å². The molecule has 4 nitrogen and oxygen atoms in total. The molecule has 1 unspecified atom stereocenters. The lowest BCUT2D eigenvalue weighted by molar-refractivity contribution is 0.584. The smallest absolute Gasteiger partial charge is 0.263 e. The minimum absolute atomic E-state index is 0.244. The van der Waals surface area contributed by atoms with Crippen LogP contribution in [0.2, 0.25) is 5.02 Å². The summed E-state index contributed by atoms with van der Waals surface area (Å²) in [5.41, 5.74) is 1.64. The summed E-state index contributed by atoms with van der Waals surface area (Å²) in [6.45, 7) is 1.84. The number of benzene rings is 2. The number of rotatable bonds is 2. The van der Waals surface area contributed by atoms with E-state index >= 15 is 0 Å². The standard InChI is InChI=1S/C16H13ClN2O2S/c1-11-9-14-15(8-7-12(10-18)16(14)17)19(11)22(20,21)13-5-3-2-4-6-13/h2-8,11H,9H2,1H3. The van der Waals surface area contributed by atoms with E-state index in [2.05, 4.69) is 0 Å². The third-order valence-corrected chi connectivity index (χ3v) is 6.15. The van der Waals surface area contributed by atoms with E-state index in [1.54, 1.807) is 42.5 Å². The maximum absolute atomic E-state index is 12.9. The molecule has 3 rings (SSSR count). The summed E-state index contributed by atoms with van der Waals surface area (Å²) >= 11 is 6.24. The number of hydrogen-bond acceptors (Lipinski definition) is 3. The zero-order chi connectivity index (χ0) is 15.9. The second kappa shape index (κ2) is 5.31. The highest BCUT2D eigenvalue weighted by Crippen LogP contribution is 2.41. The van der Waals surface area contributed by atoms with Crippen molar-refractivity contribution in [3.8, 4) is 6.07 Å². The highest BCUT2D eigenvalue weighted by Gasteiger charge is 2.37. The van der Waals surface area contributed by atoms with Gasteiger partial charge in [0, 0.05) is 6.04 Å². The molecule has 1 aliphatic rings. The Morgan fingerprint density at radius 1 is 1.23 bits per heavy atom. The van der Waals surface area contributed by atoms with E-state index in [9.17, 15) is 8.42 Å². The van der Waals surface area contributed by atoms with Gasteiger partial charge in [-0.05, 0) is 43.2 Å². The second-order valence-corrected chi connectivity index (χ2v) is 7.40. The molecule has 0 aromatic heterocycles. The van der Waals surface area contributed by atoms with E-state index in [4.69, 9.17) is 16.9 Å². The van der Waals surface area contributed by atoms with Crippen molar-refractivity contribution in [3.05, 3.63) is 58.6 Å². The van der Waals surface area contributed by atoms with Gasteiger partial charge in [0.1, 0.15) is 6.07 Å². The van der Waals surface area contributed by atoms with Crippen molar-refractivity contribution in [1.82, 2.24) is 0 Å². The second-order valence-electron chi connectivity index (χ2n) is 5.20. The molecule has 0 saturated carbocycles. The molecule has 6 heteroatoms. The number of fused-ring (bicyclic) bond motifs is 1. The van der Waals surface area contributed by atoms with Gasteiger partial charge in [0.25, 0.3) is 10.0 Å². The Bertz CT molecular complexity index is 873. The fourth-order valence-electron chi connectivity index (χ4n) is 2.79. The zero-order valence-corrected chi connectivity index (χ0v) is 13.4. The van der Waals surface area contributed by atoms with Gasteiger partial charge in [0.15, 0.2) is 0 Å². The van der Waals surface area contributed by atoms with Crippen LogP contribution in [-0.2, 0) is 16.4 Å². The Morgan fingerprint density at radius 3 is 2.55 bits per heavy atom. The normalized spacial score (nSPS) is 17.1. The predicted molar refractivity (Wildman–Crippen MR) is 85.4 cm³/mol. The van der Waals surface area contributed by atoms with Crippen LogP contribution in [0.25, 0.3) is 0 Å². The number of nitrogens with zero attached hydrogens (tertiary/aromatic N) is 2. The van der Waals surface area contributed by atoms with Crippen molar-refractivity contribution in [2.75, 3.05) is 4.31 Å². The Labute approximate surface area is 134 Å². The summed E-state index contributed by atoms with van der Waals surface area (Å²) < 4.78 is 27.2. The lowest BCUT2D eigenvalue weighted by Gasteiger charge is -2.24. The van der Waals surface area contributed by atoms with Gasteiger partial charge < -0.3 is 0 Å². The number of nitriles is 1. The fraction of sp³-hybridized carbons (Fsp3) is 0.188. The SMILES string of the molecule is CC1Cc2c(ccc(C#N)c2Cl)N1S(=O)(=O)c1ccccc1. The van der Waals surface area contributed by atoms with Crippen LogP contribution in [0, 0.1) is 11.3 Å². The molecule has 0 radical (unpaired) electrons. The maximum Gasteiger partial charge on any atom is 0.264 e. The summed E-state index contributed by atoms with van der Waals surface area (Å²) in [6.07, 6.45) is 0.496. The van der Waals surface area contributed by atoms with Crippen LogP contribution in [0.4, 0.5) is 5.69 Å². The van der Waals surface area contributed by atoms with Crippen molar-refractivity contribution in [2.45, 2.75) is 24.3 Å². The fourth-order valence-corrected chi connectivity index (χ4v) is 4.77. The first-order valence-corrected chi connectivity index (χ1v) is 8.59. The largest absolute Gasteiger partial charge is 0.264 e. The zero-order valence-electron chi connectivity index (χ0n) is 11.8. The van der Waals surface area contributed by atoms with Crippen molar-refractivity contribution in [2.24, 2.45) is 0 Å². The van der Waals surface area contributed by atoms with Gasteiger partial charge in [0.05, 0.1) is 21.2 Å². The third-order valence-electron chi connectivity index (χ3n) is 3.78. The first-order valence-electron chi connectivity index (χ1n) is 6.77. The molecule has 0 N–H and O–H groups in total. The summed E-state index contributed by atoms with van der Waals surface area (Å²) in [6, 6.07) is 13.3. The summed E-state index contributed by atoms with van der Waals surface area (Å²) in [7, 11) is -3.65. The Kier molecular flexibility index (Phi) is 3.59. The molecule has 0 amide bonds. The summed E-state index contributed by atoms with van der Waals surface area (Å²) in [5.74, 6) is 0. The van der Waals surface area contributed by atoms with Crippen LogP contribution in [-0.4, -0.2) is 14.5 Å². The molecule has 1 aliphatic heterocycles. The van der Waals surface area contributed by atoms with Crippen molar-refractivity contribution in [1.29, 1.82) is 5.26 Å². The van der Waals surface area contributed by atoms with Gasteiger partial charge in [-0.2, -0.15) is 5.26 Å². The monoisotopic (exact) mass is 332 g/mol. The van der Waals surface area contributed by atoms with E-state index < -0.39 is 10.0 Å². The van der Waals surface area contributed by atoms with Gasteiger partial charge in [-0.1, -0.05) is 29.8 Å². The first-order chi connectivity index (χ1) is 10.5. The van der Waals surface area contributed by atoms with E-state index in [1.165, 1.54) is 4.31 Å². The summed E-state index contributed by atoms with van der Waals surface area (Å²) in [5, 5.41) is 9.40. The van der Waals surface area contributed by atoms with E-state index in [0.29, 0.717) is 28.3 Å². The number of sulfonamides is 1. The number of hydrogen-bond donors (Lipinski definition) is 0. The molecule has 112 valence electrons. The predicted octanol–water partition coefficient (Wildman–Crippen LogP) is 3.35. The molecule has 0 spiro atoms. The average molecular weight is 333 g/mol. The molecule has 0 saturated heterocycles. The van der Waals surface area contributed by atoms with Crippen LogP contribution in [0.5, 0.6) is 0 Å². The Balaban J connectivity index is 2.16. The molecular weight excluding hydrogens is 320 g/mol. The van der Waals surface area contributed by atoms with Crippen LogP contribution in [0.15, 0.2) is 47.4 Å². The van der Waals surface area contributed by atoms with Gasteiger partial charge in [-0.15, -0.1) is 0 Å². The van der Waals surface area contributed by atoms with Gasteiger partial charge in [-0.3, -0.25) is 4.31 Å². The molecule has 1 heterocycles. The molecular formula is C16H13ClN2O2S. The lowest BCUT2D eigenvalue weighted by atomic mass is 10.1. The van der Waals surface area contributed by atoms with Gasteiger partial charge in [0.2, 0.25) is 0 Å². The molecule has 1 atom stereocenters. The molecule has 0 bridgehead atoms. The molecule has 0 aliphatic carbocycles. The topological polar surface area (TPSA) is 61.2 Å². The highest BCUT2D eigenvalue weighted by molar-refractivity contribution is 7.92. The molecule has 22 heavy (non-hydrogen) atoms. The lowest BCUT2D eigenvalue weighted by Crippen LogP contribution is -2.35. The summed E-state index contributed by atoms with van der Waals surface area (Å²) in [4.78, 5) is 0.246. The van der Waals surface area contributed by atoms with Gasteiger partial charge in [-0.25, -0.2) is 8.42 Å². The number of halogens is 1. The molecule has 2 aromatic rings. The van der Waals surface area contributed by atoms with Crippen LogP contribution < -0.4 is 4.31 Å². The van der Waals surface area contributed by atoms with Crippen molar-refractivity contribution >= 4 is 27.3 Å². The highest BCUT2D eigenvalue weighted by atomic mass is 35.5. The first kappa shape index (κ1) is 14.9. The quantitative estimate of drug-likeness (QED) is 0.847. The van der Waals surface area contributed by atoms with Crippen LogP contribution in [0.1, 0.15) is 18.1 Å². The minimum atomic E-state index is -3.65. The molecule has 2 aromatic carbocycles. The van der Waals surface area contributed by atoms with E-state index in [1.807, 2.05) is 13.0 Å². The number of anilines is 1. The average Bonchev–Trinajstić information content (AvgIpc) is 2.86. The van der Waals surface area contributed by atoms with Crippen LogP contribution in [0.3, 0.4) is 0 Å². The third kappa shape index (κ3) is 2.16. The molecule has 0 fully saturated rings. The maximum atomic E-state index is 12.9. The Morgan fingerprint density at radius 2 is 1.91 bits per heavy atom. The van der Waals surface area contributed by atoms with Crippen molar-refractivity contribution in [3.63, 3.8) is 0 Å². The van der Waals surface area contributed by atoms with Crippen LogP contribution >= 0.6 is 11.6 Å². The van der Waals surface area contributed by atoms with Gasteiger partial charge >= 0.3 is 0 Å². The Hall–Kier alpha value is -2.03. The minimum Gasteiger partial charge on any atom is -0.263 e. The van der Waals surface area contributed by atoms with E-state index in [0.717, 1.165) is 0 Å². The van der Waals surface area contributed by atoms with Crippen molar-refractivity contribution < 1.29 is 8.42 Å².